The van der Waals surface area contributed by atoms with E-state index in [1.165, 1.54) is 36.4 Å². The molecule has 0 spiro atoms. The van der Waals surface area contributed by atoms with Crippen molar-refractivity contribution < 1.29 is 35.1 Å². The summed E-state index contributed by atoms with van der Waals surface area (Å²) in [7, 11) is 0. The zero-order valence-electron chi connectivity index (χ0n) is 30.9. The van der Waals surface area contributed by atoms with E-state index in [1.54, 1.807) is 12.1 Å². The molecule has 0 saturated heterocycles. The average Bonchev–Trinajstić information content (AvgIpc) is 3.65. The van der Waals surface area contributed by atoms with Crippen LogP contribution in [0.4, 0.5) is 57.9 Å². The van der Waals surface area contributed by atoms with Gasteiger partial charge in [-0.2, -0.15) is 45.1 Å². The van der Waals surface area contributed by atoms with Crippen molar-refractivity contribution in [2.45, 2.75) is 52.4 Å². The molecular weight excluding hydrogens is 737 g/mol. The lowest BCUT2D eigenvalue weighted by Gasteiger charge is -2.31. The molecular formula is C42H32BF8N5. The highest BCUT2D eigenvalue weighted by Gasteiger charge is 2.49. The summed E-state index contributed by atoms with van der Waals surface area (Å²) in [4.78, 5) is 6.85. The van der Waals surface area contributed by atoms with Crippen LogP contribution in [-0.4, -0.2) is 21.5 Å². The van der Waals surface area contributed by atoms with Crippen molar-refractivity contribution in [1.29, 1.82) is 0 Å². The molecule has 56 heavy (non-hydrogen) atoms. The summed E-state index contributed by atoms with van der Waals surface area (Å²) in [6.45, 7) is 11.0. The Morgan fingerprint density at radius 3 is 1.21 bits per heavy atom. The van der Waals surface area contributed by atoms with Crippen LogP contribution >= 0.6 is 0 Å². The number of rotatable bonds is 4. The van der Waals surface area contributed by atoms with E-state index in [1.807, 2.05) is 16.7 Å². The maximum absolute atomic E-state index is 15.7. The summed E-state index contributed by atoms with van der Waals surface area (Å²) in [5.41, 5.74) is 1.35. The molecule has 0 unspecified atom stereocenters. The standard InChI is InChI=1S/C42H32BF8N5/c1-41(2,3)21-11-17-27-25(19-21)26-20-22(42(4,5)6)12-18-28(26)54(27)24-15-13-23(14-16-24)43-55(35-31(44)37(48)52-38(49)32(35)45)29-9-7-8-10-30(29)56(43)36-33(46)39(50)53-40(51)34(36)47/h7-20H,1-6H3. The average molecular weight is 770 g/mol. The summed E-state index contributed by atoms with van der Waals surface area (Å²) in [5, 5.41) is 1.98. The van der Waals surface area contributed by atoms with Crippen molar-refractivity contribution in [3.8, 4) is 5.69 Å². The van der Waals surface area contributed by atoms with Gasteiger partial charge in [0.15, 0.2) is 0 Å². The van der Waals surface area contributed by atoms with Gasteiger partial charge in [0.25, 0.3) is 23.8 Å². The smallest absolute Gasteiger partial charge is 0.355 e. The number of hydrogen-bond acceptors (Lipinski definition) is 4. The Kier molecular flexibility index (Phi) is 8.48. The maximum Gasteiger partial charge on any atom is 0.421 e. The zero-order valence-corrected chi connectivity index (χ0v) is 30.9. The molecule has 1 aliphatic heterocycles. The van der Waals surface area contributed by atoms with Gasteiger partial charge in [-0.3, -0.25) is 0 Å². The van der Waals surface area contributed by atoms with Gasteiger partial charge in [-0.05, 0) is 76.0 Å². The van der Waals surface area contributed by atoms with Gasteiger partial charge in [-0.15, -0.1) is 0 Å². The van der Waals surface area contributed by atoms with Crippen LogP contribution in [0.25, 0.3) is 27.5 Å². The molecule has 0 bridgehead atoms. The normalized spacial score (nSPS) is 13.4. The highest BCUT2D eigenvalue weighted by atomic mass is 19.2. The molecule has 4 aromatic carbocycles. The number of halogens is 8. The second-order valence-corrected chi connectivity index (χ2v) is 15.8. The van der Waals surface area contributed by atoms with Crippen molar-refractivity contribution >= 4 is 57.0 Å². The molecule has 0 amide bonds. The Bertz CT molecular complexity index is 2520. The maximum atomic E-state index is 15.7. The molecule has 0 radical (unpaired) electrons. The Balaban J connectivity index is 1.38. The van der Waals surface area contributed by atoms with Crippen LogP contribution in [0.1, 0.15) is 52.7 Å². The third kappa shape index (κ3) is 5.67. The first-order chi connectivity index (χ1) is 26.4. The predicted octanol–water partition coefficient (Wildman–Crippen LogP) is 11.0. The lowest BCUT2D eigenvalue weighted by atomic mass is 9.64. The van der Waals surface area contributed by atoms with E-state index in [2.05, 4.69) is 75.8 Å². The van der Waals surface area contributed by atoms with Crippen LogP contribution in [0.2, 0.25) is 0 Å². The number of pyridine rings is 2. The van der Waals surface area contributed by atoms with Crippen LogP contribution in [0.5, 0.6) is 0 Å². The summed E-state index contributed by atoms with van der Waals surface area (Å²) in [6, 6.07) is 24.1. The fourth-order valence-electron chi connectivity index (χ4n) is 7.44. The fourth-order valence-corrected chi connectivity index (χ4v) is 7.44. The lowest BCUT2D eigenvalue weighted by molar-refractivity contribution is 0.409. The summed E-state index contributed by atoms with van der Waals surface area (Å²) < 4.78 is 124. The number of aromatic nitrogens is 3. The summed E-state index contributed by atoms with van der Waals surface area (Å²) in [6.07, 6.45) is 0. The monoisotopic (exact) mass is 769 g/mol. The first-order valence-corrected chi connectivity index (χ1v) is 17.7. The van der Waals surface area contributed by atoms with Gasteiger partial charge in [-0.1, -0.05) is 77.9 Å². The summed E-state index contributed by atoms with van der Waals surface area (Å²) in [5.74, 6) is -15.6. The zero-order chi connectivity index (χ0) is 40.2. The molecule has 4 heterocycles. The quantitative estimate of drug-likeness (QED) is 0.102. The molecule has 0 N–H and O–H groups in total. The number of benzene rings is 4. The number of fused-ring (bicyclic) bond motifs is 4. The minimum atomic E-state index is -1.99. The molecule has 284 valence electrons. The van der Waals surface area contributed by atoms with E-state index in [-0.39, 0.29) is 27.7 Å². The second-order valence-electron chi connectivity index (χ2n) is 15.8. The molecule has 0 fully saturated rings. The largest absolute Gasteiger partial charge is 0.421 e. The third-order valence-corrected chi connectivity index (χ3v) is 10.3. The van der Waals surface area contributed by atoms with Gasteiger partial charge in [0.05, 0.1) is 22.4 Å². The molecule has 8 rings (SSSR count). The van der Waals surface area contributed by atoms with Crippen molar-refractivity contribution in [3.63, 3.8) is 0 Å². The topological polar surface area (TPSA) is 37.2 Å². The van der Waals surface area contributed by atoms with Crippen molar-refractivity contribution in [1.82, 2.24) is 14.5 Å². The SMILES string of the molecule is CC(C)(C)c1ccc2c(c1)c1cc(C(C)(C)C)ccc1n2-c1ccc(B2N(c3c(F)c(F)nc(F)c3F)c3ccccc3N2c2c(F)c(F)nc(F)c2F)cc1. The first-order valence-electron chi connectivity index (χ1n) is 17.7. The van der Waals surface area contributed by atoms with Gasteiger partial charge in [0.1, 0.15) is 11.4 Å². The van der Waals surface area contributed by atoms with Gasteiger partial charge in [-0.25, -0.2) is 0 Å². The predicted molar refractivity (Wildman–Crippen MR) is 202 cm³/mol. The van der Waals surface area contributed by atoms with E-state index < -0.39 is 65.4 Å². The molecule has 1 aliphatic rings. The lowest BCUT2D eigenvalue weighted by Crippen LogP contribution is -2.54. The van der Waals surface area contributed by atoms with E-state index in [0.717, 1.165) is 42.6 Å². The van der Waals surface area contributed by atoms with Gasteiger partial charge >= 0.3 is 6.98 Å². The van der Waals surface area contributed by atoms with Crippen LogP contribution in [0.15, 0.2) is 84.9 Å². The van der Waals surface area contributed by atoms with Crippen molar-refractivity contribution in [2.75, 3.05) is 9.62 Å². The number of nitrogens with zero attached hydrogens (tertiary/aromatic N) is 5. The van der Waals surface area contributed by atoms with Crippen molar-refractivity contribution in [3.05, 3.63) is 143 Å². The van der Waals surface area contributed by atoms with Gasteiger partial charge < -0.3 is 14.2 Å². The molecule has 0 aliphatic carbocycles. The van der Waals surface area contributed by atoms with Gasteiger partial charge in [0, 0.05) is 16.5 Å². The molecule has 3 aromatic heterocycles. The van der Waals surface area contributed by atoms with Crippen LogP contribution < -0.4 is 15.1 Å². The van der Waals surface area contributed by atoms with Gasteiger partial charge in [0.2, 0.25) is 23.3 Å². The Morgan fingerprint density at radius 1 is 0.482 bits per heavy atom. The minimum absolute atomic E-state index is 0.0589. The molecule has 14 heteroatoms. The Morgan fingerprint density at radius 2 is 0.857 bits per heavy atom. The number of hydrogen-bond donors (Lipinski definition) is 0. The Labute approximate surface area is 317 Å². The fraction of sp³-hybridized carbons (Fsp3) is 0.190. The van der Waals surface area contributed by atoms with E-state index in [9.17, 15) is 17.6 Å². The van der Waals surface area contributed by atoms with Crippen LogP contribution in [-0.2, 0) is 10.8 Å². The van der Waals surface area contributed by atoms with Crippen molar-refractivity contribution in [2.24, 2.45) is 0 Å². The van der Waals surface area contributed by atoms with E-state index >= 15 is 17.6 Å². The van der Waals surface area contributed by atoms with E-state index in [4.69, 9.17) is 0 Å². The van der Waals surface area contributed by atoms with E-state index in [0.29, 0.717) is 5.69 Å². The van der Waals surface area contributed by atoms with Crippen LogP contribution in [0, 0.1) is 47.1 Å². The third-order valence-electron chi connectivity index (χ3n) is 10.3. The highest BCUT2D eigenvalue weighted by Crippen LogP contribution is 2.49. The molecule has 0 saturated carbocycles. The number of para-hydroxylation sites is 2. The Hall–Kier alpha value is -5.92. The minimum Gasteiger partial charge on any atom is -0.355 e. The molecule has 5 nitrogen and oxygen atoms in total. The number of anilines is 4. The molecule has 7 aromatic rings. The molecule has 0 atom stereocenters. The highest BCUT2D eigenvalue weighted by molar-refractivity contribution is 6.84. The second kappa shape index (κ2) is 12.8. The summed E-state index contributed by atoms with van der Waals surface area (Å²) >= 11 is 0. The first kappa shape index (κ1) is 37.0. The van der Waals surface area contributed by atoms with Crippen LogP contribution in [0.3, 0.4) is 0 Å².